The summed E-state index contributed by atoms with van der Waals surface area (Å²) in [5.41, 5.74) is 0.988. The van der Waals surface area contributed by atoms with E-state index < -0.39 is 0 Å². The fourth-order valence-corrected chi connectivity index (χ4v) is 4.92. The zero-order valence-corrected chi connectivity index (χ0v) is 16.0. The van der Waals surface area contributed by atoms with Crippen LogP contribution in [0.15, 0.2) is 46.9 Å². The molecule has 5 rings (SSSR count). The topological polar surface area (TPSA) is 68.1 Å². The van der Waals surface area contributed by atoms with Crippen LogP contribution in [0.2, 0.25) is 0 Å². The van der Waals surface area contributed by atoms with Crippen molar-refractivity contribution in [2.24, 2.45) is 0 Å². The number of carbonyl (C=O) groups excluding carboxylic acids is 2. The van der Waals surface area contributed by atoms with E-state index in [1.54, 1.807) is 47.4 Å². The molecular weight excluding hydrogens is 380 g/mol. The first-order chi connectivity index (χ1) is 13.2. The van der Waals surface area contributed by atoms with E-state index in [-0.39, 0.29) is 11.8 Å². The maximum absolute atomic E-state index is 12.5. The molecule has 136 valence electrons. The Hall–Kier alpha value is -2.45. The van der Waals surface area contributed by atoms with Crippen LogP contribution in [0.4, 0.5) is 0 Å². The molecule has 1 aliphatic carbocycles. The summed E-state index contributed by atoms with van der Waals surface area (Å²) < 4.78 is 2.21. The highest BCUT2D eigenvalue weighted by Crippen LogP contribution is 2.41. The molecule has 0 bridgehead atoms. The zero-order chi connectivity index (χ0) is 18.4. The minimum Gasteiger partial charge on any atom is -0.298 e. The van der Waals surface area contributed by atoms with Crippen LogP contribution in [-0.2, 0) is 0 Å². The summed E-state index contributed by atoms with van der Waals surface area (Å²) in [6.07, 6.45) is 2.28. The van der Waals surface area contributed by atoms with Gasteiger partial charge >= 0.3 is 0 Å². The number of nitrogens with zero attached hydrogens (tertiary/aromatic N) is 4. The molecule has 0 unspecified atom stereocenters. The molecule has 0 N–H and O–H groups in total. The van der Waals surface area contributed by atoms with Crippen LogP contribution in [0.25, 0.3) is 10.7 Å². The highest BCUT2D eigenvalue weighted by molar-refractivity contribution is 7.99. The molecule has 1 fully saturated rings. The van der Waals surface area contributed by atoms with Crippen LogP contribution in [0.5, 0.6) is 0 Å². The predicted molar refractivity (Wildman–Crippen MR) is 104 cm³/mol. The van der Waals surface area contributed by atoms with Gasteiger partial charge in [0.15, 0.2) is 11.0 Å². The van der Waals surface area contributed by atoms with Crippen molar-refractivity contribution in [3.63, 3.8) is 0 Å². The lowest BCUT2D eigenvalue weighted by Gasteiger charge is -2.13. The minimum absolute atomic E-state index is 0.209. The first-order valence-corrected chi connectivity index (χ1v) is 10.7. The molecule has 2 amide bonds. The van der Waals surface area contributed by atoms with Gasteiger partial charge < -0.3 is 0 Å². The van der Waals surface area contributed by atoms with Crippen LogP contribution in [-0.4, -0.2) is 43.8 Å². The second kappa shape index (κ2) is 6.61. The molecule has 2 aromatic heterocycles. The van der Waals surface area contributed by atoms with Crippen LogP contribution in [0, 0.1) is 0 Å². The van der Waals surface area contributed by atoms with Crippen molar-refractivity contribution in [2.75, 3.05) is 12.3 Å². The van der Waals surface area contributed by atoms with Gasteiger partial charge in [-0.05, 0) is 36.4 Å². The lowest BCUT2D eigenvalue weighted by molar-refractivity contribution is 0.0664. The van der Waals surface area contributed by atoms with Gasteiger partial charge in [-0.25, -0.2) is 0 Å². The molecule has 27 heavy (non-hydrogen) atoms. The Kier molecular flexibility index (Phi) is 4.09. The summed E-state index contributed by atoms with van der Waals surface area (Å²) in [7, 11) is 0. The number of fused-ring (bicyclic) bond motifs is 1. The Labute approximate surface area is 164 Å². The summed E-state index contributed by atoms with van der Waals surface area (Å²) in [6, 6.07) is 11.5. The third-order valence-electron chi connectivity index (χ3n) is 4.74. The third-order valence-corrected chi connectivity index (χ3v) is 6.53. The fraction of sp³-hybridized carbons (Fsp3) is 0.263. The molecule has 1 aromatic carbocycles. The Morgan fingerprint density at radius 1 is 1.04 bits per heavy atom. The van der Waals surface area contributed by atoms with E-state index in [4.69, 9.17) is 0 Å². The molecule has 1 saturated carbocycles. The van der Waals surface area contributed by atoms with Crippen molar-refractivity contribution in [3.8, 4) is 10.7 Å². The zero-order valence-electron chi connectivity index (χ0n) is 14.4. The highest BCUT2D eigenvalue weighted by atomic mass is 32.2. The molecule has 0 spiro atoms. The van der Waals surface area contributed by atoms with E-state index >= 15 is 0 Å². The predicted octanol–water partition coefficient (Wildman–Crippen LogP) is 3.73. The summed E-state index contributed by atoms with van der Waals surface area (Å²) in [5, 5.41) is 11.7. The number of imide groups is 1. The largest absolute Gasteiger partial charge is 0.298 e. The maximum atomic E-state index is 12.5. The lowest BCUT2D eigenvalue weighted by Crippen LogP contribution is -2.31. The number of aromatic nitrogens is 3. The van der Waals surface area contributed by atoms with Crippen molar-refractivity contribution in [3.05, 3.63) is 52.9 Å². The number of rotatable bonds is 6. The molecule has 0 radical (unpaired) electrons. The van der Waals surface area contributed by atoms with Gasteiger partial charge in [0.05, 0.1) is 16.0 Å². The Bertz CT molecular complexity index is 989. The van der Waals surface area contributed by atoms with Crippen LogP contribution in [0.1, 0.15) is 39.6 Å². The Morgan fingerprint density at radius 2 is 1.78 bits per heavy atom. The van der Waals surface area contributed by atoms with E-state index in [1.165, 1.54) is 4.90 Å². The first-order valence-electron chi connectivity index (χ1n) is 8.81. The summed E-state index contributed by atoms with van der Waals surface area (Å²) >= 11 is 3.21. The maximum Gasteiger partial charge on any atom is 0.261 e. The van der Waals surface area contributed by atoms with Crippen molar-refractivity contribution < 1.29 is 9.59 Å². The van der Waals surface area contributed by atoms with Gasteiger partial charge in [-0.3, -0.25) is 19.1 Å². The third kappa shape index (κ3) is 2.89. The van der Waals surface area contributed by atoms with E-state index in [1.807, 2.05) is 11.4 Å². The standard InChI is InChI=1S/C19H16N4O2S2/c24-17-13-4-1-2-5-14(13)18(25)22(17)9-11-27-19-21-20-16(15-6-3-10-26-15)23(19)12-7-8-12/h1-6,10,12H,7-9,11H2. The second-order valence-electron chi connectivity index (χ2n) is 6.54. The van der Waals surface area contributed by atoms with Gasteiger partial charge in [0.2, 0.25) is 0 Å². The molecule has 1 aliphatic heterocycles. The van der Waals surface area contributed by atoms with E-state index in [2.05, 4.69) is 20.8 Å². The van der Waals surface area contributed by atoms with E-state index in [0.717, 1.165) is 28.7 Å². The minimum atomic E-state index is -0.209. The van der Waals surface area contributed by atoms with Crippen LogP contribution in [0.3, 0.4) is 0 Å². The number of amides is 2. The number of thioether (sulfide) groups is 1. The second-order valence-corrected chi connectivity index (χ2v) is 8.55. The quantitative estimate of drug-likeness (QED) is 0.469. The monoisotopic (exact) mass is 396 g/mol. The molecule has 0 saturated heterocycles. The average molecular weight is 396 g/mol. The number of benzene rings is 1. The number of carbonyl (C=O) groups is 2. The molecule has 6 nitrogen and oxygen atoms in total. The molecule has 3 aromatic rings. The van der Waals surface area contributed by atoms with Gasteiger partial charge in [-0.1, -0.05) is 30.0 Å². The summed E-state index contributed by atoms with van der Waals surface area (Å²) in [5.74, 6) is 1.09. The van der Waals surface area contributed by atoms with Gasteiger partial charge in [0, 0.05) is 18.3 Å². The molecule has 3 heterocycles. The SMILES string of the molecule is O=C1c2ccccc2C(=O)N1CCSc1nnc(-c2cccs2)n1C1CC1. The van der Waals surface area contributed by atoms with Gasteiger partial charge in [-0.2, -0.15) is 0 Å². The highest BCUT2D eigenvalue weighted by Gasteiger charge is 2.35. The van der Waals surface area contributed by atoms with Gasteiger partial charge in [0.1, 0.15) is 0 Å². The van der Waals surface area contributed by atoms with Crippen molar-refractivity contribution >= 4 is 34.9 Å². The number of hydrogen-bond acceptors (Lipinski definition) is 6. The van der Waals surface area contributed by atoms with Crippen LogP contribution >= 0.6 is 23.1 Å². The van der Waals surface area contributed by atoms with E-state index in [9.17, 15) is 9.59 Å². The lowest BCUT2D eigenvalue weighted by atomic mass is 10.1. The average Bonchev–Trinajstić information content (AvgIpc) is 3.13. The smallest absolute Gasteiger partial charge is 0.261 e. The Morgan fingerprint density at radius 3 is 2.41 bits per heavy atom. The summed E-state index contributed by atoms with van der Waals surface area (Å²) in [6.45, 7) is 0.364. The Balaban J connectivity index is 1.31. The molecule has 0 atom stereocenters. The van der Waals surface area contributed by atoms with Gasteiger partial charge in [-0.15, -0.1) is 21.5 Å². The van der Waals surface area contributed by atoms with Gasteiger partial charge in [0.25, 0.3) is 11.8 Å². The first kappa shape index (κ1) is 16.7. The van der Waals surface area contributed by atoms with E-state index in [0.29, 0.717) is 29.5 Å². The van der Waals surface area contributed by atoms with Crippen molar-refractivity contribution in [2.45, 2.75) is 24.0 Å². The molecular formula is C19H16N4O2S2. The fourth-order valence-electron chi connectivity index (χ4n) is 3.28. The van der Waals surface area contributed by atoms with Crippen LogP contribution < -0.4 is 0 Å². The summed E-state index contributed by atoms with van der Waals surface area (Å²) in [4.78, 5) is 27.4. The number of thiophene rings is 1. The van der Waals surface area contributed by atoms with Crippen molar-refractivity contribution in [1.29, 1.82) is 0 Å². The molecule has 2 aliphatic rings. The molecule has 8 heteroatoms. The number of hydrogen-bond donors (Lipinski definition) is 0. The normalized spacial score (nSPS) is 16.2. The van der Waals surface area contributed by atoms with Crippen molar-refractivity contribution in [1.82, 2.24) is 19.7 Å².